The smallest absolute Gasteiger partial charge is 0.235 e. The lowest BCUT2D eigenvalue weighted by atomic mass is 9.96. The van der Waals surface area contributed by atoms with Crippen LogP contribution in [0.1, 0.15) is 13.8 Å². The molecule has 0 N–H and O–H groups in total. The standard InChI is InChI=1S/C52H31N3S.C2H6/c1-3-14-37-32(11-1)13-9-18-38(37)34-23-25-35(26-24-34)50-43-17-5-7-21-45(43)53-52(54-50)55-46-22-8-6-16-41(46)42-20-10-19-40(51(42)55)36-28-29-47-44(31-36)49-39-15-4-2-12-33(39)27-30-48(49)56-47;1-2/h1-31H;1-2H3. The molecule has 0 atom stereocenters. The fourth-order valence-electron chi connectivity index (χ4n) is 8.84. The van der Waals surface area contributed by atoms with Gasteiger partial charge in [0.2, 0.25) is 5.95 Å². The second kappa shape index (κ2) is 13.8. The minimum atomic E-state index is 0.656. The summed E-state index contributed by atoms with van der Waals surface area (Å²) in [6.45, 7) is 4.00. The molecule has 0 saturated carbocycles. The van der Waals surface area contributed by atoms with E-state index < -0.39 is 0 Å². The molecular formula is C54H37N3S. The predicted molar refractivity (Wildman–Crippen MR) is 249 cm³/mol. The number of fused-ring (bicyclic) bond motifs is 10. The van der Waals surface area contributed by atoms with Crippen LogP contribution < -0.4 is 0 Å². The maximum absolute atomic E-state index is 5.47. The maximum atomic E-state index is 5.47. The van der Waals surface area contributed by atoms with E-state index in [1.54, 1.807) is 0 Å². The number of hydrogen-bond donors (Lipinski definition) is 0. The van der Waals surface area contributed by atoms with Gasteiger partial charge in [0.15, 0.2) is 0 Å². The van der Waals surface area contributed by atoms with Crippen molar-refractivity contribution in [3.8, 4) is 39.5 Å². The average molecular weight is 760 g/mol. The first-order chi connectivity index (χ1) is 28.8. The summed E-state index contributed by atoms with van der Waals surface area (Å²) >= 11 is 1.86. The molecule has 58 heavy (non-hydrogen) atoms. The molecule has 0 aliphatic rings. The zero-order valence-corrected chi connectivity index (χ0v) is 33.0. The number of hydrogen-bond acceptors (Lipinski definition) is 3. The lowest BCUT2D eigenvalue weighted by molar-refractivity contribution is 1.01. The van der Waals surface area contributed by atoms with Crippen LogP contribution in [0.4, 0.5) is 0 Å². The monoisotopic (exact) mass is 759 g/mol. The van der Waals surface area contributed by atoms with E-state index in [1.165, 1.54) is 69.2 Å². The Bertz CT molecular complexity index is 3530. The van der Waals surface area contributed by atoms with E-state index in [9.17, 15) is 0 Å². The first-order valence-electron chi connectivity index (χ1n) is 20.0. The Hall–Kier alpha value is -7.14. The number of thiophene rings is 1. The van der Waals surface area contributed by atoms with Gasteiger partial charge in [-0.05, 0) is 68.6 Å². The first kappa shape index (κ1) is 34.1. The van der Waals surface area contributed by atoms with Crippen molar-refractivity contribution in [2.45, 2.75) is 13.8 Å². The van der Waals surface area contributed by atoms with E-state index in [4.69, 9.17) is 9.97 Å². The van der Waals surface area contributed by atoms with Crippen LogP contribution in [0, 0.1) is 0 Å². The van der Waals surface area contributed by atoms with Crippen molar-refractivity contribution in [1.82, 2.24) is 14.5 Å². The van der Waals surface area contributed by atoms with Gasteiger partial charge >= 0.3 is 0 Å². The van der Waals surface area contributed by atoms with Crippen LogP contribution in [0.2, 0.25) is 0 Å². The Morgan fingerprint density at radius 2 is 1.02 bits per heavy atom. The fourth-order valence-corrected chi connectivity index (χ4v) is 9.95. The third-order valence-electron chi connectivity index (χ3n) is 11.4. The molecule has 0 radical (unpaired) electrons. The lowest BCUT2D eigenvalue weighted by Gasteiger charge is -2.14. The van der Waals surface area contributed by atoms with Gasteiger partial charge in [-0.25, -0.2) is 9.97 Å². The Morgan fingerprint density at radius 1 is 0.414 bits per heavy atom. The van der Waals surface area contributed by atoms with Crippen molar-refractivity contribution >= 4 is 85.8 Å². The summed E-state index contributed by atoms with van der Waals surface area (Å²) in [5.74, 6) is 0.656. The largest absolute Gasteiger partial charge is 0.277 e. The van der Waals surface area contributed by atoms with Gasteiger partial charge in [0.25, 0.3) is 0 Å². The van der Waals surface area contributed by atoms with E-state index >= 15 is 0 Å². The molecule has 3 nitrogen and oxygen atoms in total. The molecule has 0 amide bonds. The van der Waals surface area contributed by atoms with Crippen LogP contribution in [-0.4, -0.2) is 14.5 Å². The third kappa shape index (κ3) is 5.33. The van der Waals surface area contributed by atoms with Crippen LogP contribution in [-0.2, 0) is 0 Å². The zero-order chi connectivity index (χ0) is 38.7. The summed E-state index contributed by atoms with van der Waals surface area (Å²) in [7, 11) is 0. The van der Waals surface area contributed by atoms with Gasteiger partial charge in [-0.1, -0.05) is 172 Å². The van der Waals surface area contributed by atoms with Gasteiger partial charge in [-0.3, -0.25) is 4.57 Å². The predicted octanol–water partition coefficient (Wildman–Crippen LogP) is 15.4. The molecule has 0 saturated heterocycles. The molecule has 9 aromatic carbocycles. The molecule has 0 spiro atoms. The number of aromatic nitrogens is 3. The maximum Gasteiger partial charge on any atom is 0.235 e. The van der Waals surface area contributed by atoms with E-state index in [-0.39, 0.29) is 0 Å². The Kier molecular flexibility index (Phi) is 8.12. The van der Waals surface area contributed by atoms with E-state index in [0.717, 1.165) is 38.8 Å². The molecule has 0 fully saturated rings. The zero-order valence-electron chi connectivity index (χ0n) is 32.1. The van der Waals surface area contributed by atoms with Crippen LogP contribution >= 0.6 is 11.3 Å². The molecule has 0 unspecified atom stereocenters. The van der Waals surface area contributed by atoms with E-state index in [0.29, 0.717) is 5.95 Å². The quantitative estimate of drug-likeness (QED) is 0.179. The normalized spacial score (nSPS) is 11.6. The molecule has 12 rings (SSSR count). The molecule has 0 bridgehead atoms. The van der Waals surface area contributed by atoms with Crippen molar-refractivity contribution in [1.29, 1.82) is 0 Å². The number of rotatable bonds is 4. The topological polar surface area (TPSA) is 30.7 Å². The van der Waals surface area contributed by atoms with Crippen molar-refractivity contribution in [3.05, 3.63) is 188 Å². The van der Waals surface area contributed by atoms with Crippen molar-refractivity contribution in [2.24, 2.45) is 0 Å². The minimum absolute atomic E-state index is 0.656. The Balaban J connectivity index is 0.00000190. The van der Waals surface area contributed by atoms with Gasteiger partial charge < -0.3 is 0 Å². The Morgan fingerprint density at radius 3 is 1.86 bits per heavy atom. The second-order valence-electron chi connectivity index (χ2n) is 14.5. The highest BCUT2D eigenvalue weighted by molar-refractivity contribution is 7.26. The van der Waals surface area contributed by atoms with Crippen molar-refractivity contribution in [2.75, 3.05) is 0 Å². The van der Waals surface area contributed by atoms with Crippen LogP contribution in [0.25, 0.3) is 114 Å². The number of nitrogens with zero attached hydrogens (tertiary/aromatic N) is 3. The lowest BCUT2D eigenvalue weighted by Crippen LogP contribution is -2.04. The van der Waals surface area contributed by atoms with Crippen LogP contribution in [0.5, 0.6) is 0 Å². The van der Waals surface area contributed by atoms with Gasteiger partial charge in [0.05, 0.1) is 22.2 Å². The van der Waals surface area contributed by atoms with Crippen LogP contribution in [0.15, 0.2) is 188 Å². The molecular weight excluding hydrogens is 723 g/mol. The molecule has 3 aromatic heterocycles. The van der Waals surface area contributed by atoms with Crippen molar-refractivity contribution in [3.63, 3.8) is 0 Å². The fraction of sp³-hybridized carbons (Fsp3) is 0.0370. The summed E-state index contributed by atoms with van der Waals surface area (Å²) in [5, 5.41) is 11.0. The SMILES string of the molecule is CC.c1ccc2c(-c3ccc(-c4nc(-n5c6ccccc6c6cccc(-c7ccc8sc9ccc%10ccccc%10c9c8c7)c65)nc5ccccc45)cc3)cccc2c1. The number of para-hydroxylation sites is 3. The average Bonchev–Trinajstić information content (AvgIpc) is 3.85. The molecule has 0 aliphatic carbocycles. The van der Waals surface area contributed by atoms with Gasteiger partial charge in [0.1, 0.15) is 0 Å². The molecule has 12 aromatic rings. The van der Waals surface area contributed by atoms with E-state index in [2.05, 4.69) is 193 Å². The molecule has 274 valence electrons. The third-order valence-corrected chi connectivity index (χ3v) is 12.6. The summed E-state index contributed by atoms with van der Waals surface area (Å²) in [4.78, 5) is 10.8. The Labute approximate surface area is 340 Å². The second-order valence-corrected chi connectivity index (χ2v) is 15.6. The minimum Gasteiger partial charge on any atom is -0.277 e. The highest BCUT2D eigenvalue weighted by Gasteiger charge is 2.21. The van der Waals surface area contributed by atoms with Crippen LogP contribution in [0.3, 0.4) is 0 Å². The molecule has 0 aliphatic heterocycles. The molecule has 4 heteroatoms. The highest BCUT2D eigenvalue weighted by Crippen LogP contribution is 2.43. The van der Waals surface area contributed by atoms with Gasteiger partial charge in [-0.2, -0.15) is 0 Å². The highest BCUT2D eigenvalue weighted by atomic mass is 32.1. The van der Waals surface area contributed by atoms with Gasteiger partial charge in [-0.15, -0.1) is 11.3 Å². The molecule has 3 heterocycles. The van der Waals surface area contributed by atoms with Gasteiger partial charge in [0, 0.05) is 47.5 Å². The van der Waals surface area contributed by atoms with E-state index in [1.807, 2.05) is 25.2 Å². The first-order valence-corrected chi connectivity index (χ1v) is 20.8. The number of benzene rings is 9. The van der Waals surface area contributed by atoms with Crippen molar-refractivity contribution < 1.29 is 0 Å². The summed E-state index contributed by atoms with van der Waals surface area (Å²) in [6, 6.07) is 67.8. The summed E-state index contributed by atoms with van der Waals surface area (Å²) in [5.41, 5.74) is 9.78. The summed E-state index contributed by atoms with van der Waals surface area (Å²) < 4.78 is 4.89. The summed E-state index contributed by atoms with van der Waals surface area (Å²) in [6.07, 6.45) is 0.